The van der Waals surface area contributed by atoms with E-state index in [1.54, 1.807) is 0 Å². The van der Waals surface area contributed by atoms with Gasteiger partial charge in [0.05, 0.1) is 13.2 Å². The molecular weight excluding hydrogens is 336 g/mol. The standard InChI is InChI=1S/C24H22O3/c1-26-23(25)24(20-15-9-4-10-16-20)21(18-11-5-2-6-12-18)17-22(27-24)19-13-7-3-8-14-19/h2-16,21-22H,17H2,1H3/t21-,22+,24+/m1/s1. The van der Waals surface area contributed by atoms with Crippen molar-refractivity contribution >= 4 is 5.97 Å². The number of benzene rings is 3. The lowest BCUT2D eigenvalue weighted by Crippen LogP contribution is -2.41. The Bertz CT molecular complexity index is 893. The summed E-state index contributed by atoms with van der Waals surface area (Å²) in [6, 6.07) is 29.9. The SMILES string of the molecule is COC(=O)[C@@]1(c2ccccc2)O[C@H](c2ccccc2)C[C@@H]1c1ccccc1. The van der Waals surface area contributed by atoms with E-state index in [1.807, 2.05) is 78.9 Å². The average Bonchev–Trinajstić information content (AvgIpc) is 3.17. The zero-order chi connectivity index (χ0) is 18.7. The van der Waals surface area contributed by atoms with Gasteiger partial charge in [-0.05, 0) is 23.1 Å². The molecule has 3 heteroatoms. The maximum atomic E-state index is 13.1. The van der Waals surface area contributed by atoms with Gasteiger partial charge in [0.15, 0.2) is 5.60 Å². The number of ether oxygens (including phenoxy) is 2. The first-order valence-corrected chi connectivity index (χ1v) is 9.17. The minimum absolute atomic E-state index is 0.140. The van der Waals surface area contributed by atoms with E-state index in [4.69, 9.17) is 9.47 Å². The summed E-state index contributed by atoms with van der Waals surface area (Å²) in [7, 11) is 1.42. The molecule has 0 unspecified atom stereocenters. The van der Waals surface area contributed by atoms with Crippen molar-refractivity contribution in [3.8, 4) is 0 Å². The van der Waals surface area contributed by atoms with E-state index in [9.17, 15) is 4.79 Å². The molecule has 0 amide bonds. The van der Waals surface area contributed by atoms with Crippen LogP contribution in [0.5, 0.6) is 0 Å². The maximum absolute atomic E-state index is 13.1. The van der Waals surface area contributed by atoms with Gasteiger partial charge in [0.25, 0.3) is 0 Å². The molecule has 136 valence electrons. The van der Waals surface area contributed by atoms with Crippen molar-refractivity contribution in [3.05, 3.63) is 108 Å². The van der Waals surface area contributed by atoms with Crippen molar-refractivity contribution in [2.45, 2.75) is 24.0 Å². The fourth-order valence-electron chi connectivity index (χ4n) is 4.08. The predicted octanol–water partition coefficient (Wildman–Crippen LogP) is 5.00. The molecule has 3 aromatic rings. The topological polar surface area (TPSA) is 35.5 Å². The fourth-order valence-corrected chi connectivity index (χ4v) is 4.08. The lowest BCUT2D eigenvalue weighted by atomic mass is 9.76. The fraction of sp³-hybridized carbons (Fsp3) is 0.208. The molecule has 0 aromatic heterocycles. The van der Waals surface area contributed by atoms with Gasteiger partial charge in [-0.3, -0.25) is 0 Å². The third kappa shape index (κ3) is 3.04. The Hall–Kier alpha value is -2.91. The molecule has 3 nitrogen and oxygen atoms in total. The lowest BCUT2D eigenvalue weighted by Gasteiger charge is -2.32. The smallest absolute Gasteiger partial charge is 0.343 e. The van der Waals surface area contributed by atoms with Crippen LogP contribution in [0.25, 0.3) is 0 Å². The van der Waals surface area contributed by atoms with Crippen LogP contribution in [0.15, 0.2) is 91.0 Å². The van der Waals surface area contributed by atoms with Crippen LogP contribution < -0.4 is 0 Å². The molecule has 0 aliphatic carbocycles. The summed E-state index contributed by atoms with van der Waals surface area (Å²) in [6.07, 6.45) is 0.522. The monoisotopic (exact) mass is 358 g/mol. The van der Waals surface area contributed by atoms with E-state index in [2.05, 4.69) is 12.1 Å². The summed E-state index contributed by atoms with van der Waals surface area (Å²) < 4.78 is 11.8. The van der Waals surface area contributed by atoms with Crippen molar-refractivity contribution in [2.75, 3.05) is 7.11 Å². The third-order valence-corrected chi connectivity index (χ3v) is 5.33. The lowest BCUT2D eigenvalue weighted by molar-refractivity contribution is -0.171. The average molecular weight is 358 g/mol. The molecule has 1 aliphatic heterocycles. The van der Waals surface area contributed by atoms with Crippen LogP contribution in [0.2, 0.25) is 0 Å². The molecule has 0 N–H and O–H groups in total. The Balaban J connectivity index is 1.88. The largest absolute Gasteiger partial charge is 0.467 e. The van der Waals surface area contributed by atoms with Crippen LogP contribution in [0.1, 0.15) is 35.1 Å². The molecule has 4 rings (SSSR count). The Kier molecular flexibility index (Phi) is 4.78. The molecule has 1 fully saturated rings. The summed E-state index contributed by atoms with van der Waals surface area (Å²) in [6.45, 7) is 0. The Morgan fingerprint density at radius 3 is 1.93 bits per heavy atom. The Morgan fingerprint density at radius 1 is 0.852 bits per heavy atom. The number of carbonyl (C=O) groups is 1. The van der Waals surface area contributed by atoms with E-state index in [0.717, 1.165) is 16.7 Å². The number of carbonyl (C=O) groups excluding carboxylic acids is 1. The van der Waals surface area contributed by atoms with Gasteiger partial charge in [-0.15, -0.1) is 0 Å². The first-order valence-electron chi connectivity index (χ1n) is 9.17. The maximum Gasteiger partial charge on any atom is 0.343 e. The highest BCUT2D eigenvalue weighted by Gasteiger charge is 2.57. The molecule has 27 heavy (non-hydrogen) atoms. The van der Waals surface area contributed by atoms with Crippen LogP contribution in [-0.2, 0) is 19.9 Å². The highest BCUT2D eigenvalue weighted by molar-refractivity contribution is 5.83. The molecule has 0 spiro atoms. The van der Waals surface area contributed by atoms with Crippen molar-refractivity contribution in [2.24, 2.45) is 0 Å². The molecule has 0 saturated carbocycles. The molecule has 3 aromatic carbocycles. The summed E-state index contributed by atoms with van der Waals surface area (Å²) in [5.74, 6) is -0.500. The zero-order valence-corrected chi connectivity index (χ0v) is 15.2. The molecule has 0 radical (unpaired) electrons. The van der Waals surface area contributed by atoms with E-state index >= 15 is 0 Å². The van der Waals surface area contributed by atoms with E-state index in [1.165, 1.54) is 7.11 Å². The van der Waals surface area contributed by atoms with E-state index in [-0.39, 0.29) is 18.0 Å². The number of methoxy groups -OCH3 is 1. The minimum atomic E-state index is -1.17. The second-order valence-electron chi connectivity index (χ2n) is 6.81. The van der Waals surface area contributed by atoms with E-state index in [0.29, 0.717) is 6.42 Å². The van der Waals surface area contributed by atoms with Crippen molar-refractivity contribution in [3.63, 3.8) is 0 Å². The molecule has 1 saturated heterocycles. The predicted molar refractivity (Wildman–Crippen MR) is 104 cm³/mol. The van der Waals surface area contributed by atoms with Gasteiger partial charge >= 0.3 is 5.97 Å². The minimum Gasteiger partial charge on any atom is -0.467 e. The summed E-state index contributed by atoms with van der Waals surface area (Å²) in [5.41, 5.74) is 1.80. The second kappa shape index (κ2) is 7.37. The molecule has 1 aliphatic rings. The number of esters is 1. The van der Waals surface area contributed by atoms with Gasteiger partial charge in [0, 0.05) is 5.92 Å². The van der Waals surface area contributed by atoms with Crippen molar-refractivity contribution in [1.29, 1.82) is 0 Å². The van der Waals surface area contributed by atoms with Gasteiger partial charge in [-0.2, -0.15) is 0 Å². The first kappa shape index (κ1) is 17.5. The van der Waals surface area contributed by atoms with Crippen molar-refractivity contribution < 1.29 is 14.3 Å². The van der Waals surface area contributed by atoms with Gasteiger partial charge in [-0.1, -0.05) is 91.0 Å². The highest BCUT2D eigenvalue weighted by atomic mass is 16.6. The van der Waals surface area contributed by atoms with Gasteiger partial charge in [0.2, 0.25) is 0 Å². The second-order valence-corrected chi connectivity index (χ2v) is 6.81. The number of rotatable bonds is 4. The van der Waals surface area contributed by atoms with Crippen molar-refractivity contribution in [1.82, 2.24) is 0 Å². The number of hydrogen-bond acceptors (Lipinski definition) is 3. The van der Waals surface area contributed by atoms with Crippen LogP contribution in [-0.4, -0.2) is 13.1 Å². The summed E-state index contributed by atoms with van der Waals surface area (Å²) in [4.78, 5) is 13.1. The highest BCUT2D eigenvalue weighted by Crippen LogP contribution is 2.55. The number of hydrogen-bond donors (Lipinski definition) is 0. The summed E-state index contributed by atoms with van der Waals surface area (Å²) in [5, 5.41) is 0. The Morgan fingerprint density at radius 2 is 1.37 bits per heavy atom. The van der Waals surface area contributed by atoms with Gasteiger partial charge in [0.1, 0.15) is 0 Å². The molecule has 1 heterocycles. The Labute approximate surface area is 159 Å². The van der Waals surface area contributed by atoms with Crippen LogP contribution in [0, 0.1) is 0 Å². The molecule has 3 atom stereocenters. The quantitative estimate of drug-likeness (QED) is 0.616. The molecular formula is C24H22O3. The normalized spacial score (nSPS) is 24.5. The third-order valence-electron chi connectivity index (χ3n) is 5.33. The first-order chi connectivity index (χ1) is 13.3. The van der Waals surface area contributed by atoms with Crippen LogP contribution >= 0.6 is 0 Å². The summed E-state index contributed by atoms with van der Waals surface area (Å²) >= 11 is 0. The van der Waals surface area contributed by atoms with E-state index < -0.39 is 5.60 Å². The van der Waals surface area contributed by atoms with Gasteiger partial charge < -0.3 is 9.47 Å². The van der Waals surface area contributed by atoms with Gasteiger partial charge in [-0.25, -0.2) is 4.79 Å². The van der Waals surface area contributed by atoms with Crippen LogP contribution in [0.3, 0.4) is 0 Å². The zero-order valence-electron chi connectivity index (χ0n) is 15.2. The van der Waals surface area contributed by atoms with Crippen LogP contribution in [0.4, 0.5) is 0 Å². The molecule has 0 bridgehead atoms.